The first-order valence-corrected chi connectivity index (χ1v) is 23.5. The number of phosphoric ester groups is 1. The molecule has 0 heterocycles. The summed E-state index contributed by atoms with van der Waals surface area (Å²) in [5.74, 6) is -1.14. The third kappa shape index (κ3) is 26.8. The summed E-state index contributed by atoms with van der Waals surface area (Å²) in [4.78, 5) is 35.6. The average Bonchev–Trinajstić information content (AvgIpc) is 3.20. The van der Waals surface area contributed by atoms with E-state index in [2.05, 4.69) is 38.2 Å². The highest BCUT2D eigenvalue weighted by molar-refractivity contribution is 7.47. The molecule has 14 heteroatoms. The smallest absolute Gasteiger partial charge is 0.462 e. The van der Waals surface area contributed by atoms with E-state index in [0.29, 0.717) is 12.8 Å². The highest BCUT2D eigenvalue weighted by Crippen LogP contribution is 2.47. The number of unbranched alkanes of at least 4 members (excludes halogenated alkanes) is 17. The normalized spacial score (nSPS) is 23.0. The summed E-state index contributed by atoms with van der Waals surface area (Å²) in [5.41, 5.74) is 0. The van der Waals surface area contributed by atoms with Gasteiger partial charge >= 0.3 is 19.8 Å². The fourth-order valence-electron chi connectivity index (χ4n) is 6.40. The van der Waals surface area contributed by atoms with Crippen molar-refractivity contribution in [3.8, 4) is 0 Å². The summed E-state index contributed by atoms with van der Waals surface area (Å²) in [6.07, 6.45) is 26.0. The Balaban J connectivity index is 2.50. The summed E-state index contributed by atoms with van der Waals surface area (Å²) < 4.78 is 33.4. The van der Waals surface area contributed by atoms with Crippen molar-refractivity contribution in [2.75, 3.05) is 13.2 Å². The topological polar surface area (TPSA) is 210 Å². The van der Waals surface area contributed by atoms with Crippen molar-refractivity contribution in [1.82, 2.24) is 0 Å². The van der Waals surface area contributed by atoms with Crippen molar-refractivity contribution < 1.29 is 63.1 Å². The van der Waals surface area contributed by atoms with Gasteiger partial charge in [0.25, 0.3) is 0 Å². The zero-order valence-electron chi connectivity index (χ0n) is 35.3. The zero-order valence-corrected chi connectivity index (χ0v) is 36.2. The first kappa shape index (κ1) is 53.8. The standard InChI is InChI=1S/C44H77O13P/c1-3-5-7-9-11-13-15-17-18-19-21-22-24-26-28-30-32-37(45)54-34-36(35-55-58(52,53)57-44-42(50)40(48)39(47)41(49)43(44)51)56-38(46)33-31-29-27-25-23-20-16-14-12-10-8-6-4-2/h6,8,10,12,14,16,18-19,36,39-44,47-51H,3-5,7,9,11,13,15,17,20-35H2,1-2H3,(H,52,53)/b8-6+,12-10+,16-14+,19-18+/t36?,39?,40-,41?,42?,43?,44?/m0/s1. The maximum absolute atomic E-state index is 12.8. The van der Waals surface area contributed by atoms with E-state index in [-0.39, 0.29) is 12.8 Å². The third-order valence-corrected chi connectivity index (χ3v) is 11.0. The lowest BCUT2D eigenvalue weighted by Gasteiger charge is -2.41. The van der Waals surface area contributed by atoms with E-state index in [1.54, 1.807) is 0 Å². The number of carbonyl (C=O) groups is 2. The molecule has 0 aromatic heterocycles. The average molecular weight is 845 g/mol. The van der Waals surface area contributed by atoms with Gasteiger partial charge < -0.3 is 39.9 Å². The highest BCUT2D eigenvalue weighted by atomic mass is 31.2. The molecule has 1 fully saturated rings. The monoisotopic (exact) mass is 845 g/mol. The maximum Gasteiger partial charge on any atom is 0.472 e. The van der Waals surface area contributed by atoms with E-state index in [1.165, 1.54) is 44.9 Å². The van der Waals surface area contributed by atoms with Crippen LogP contribution >= 0.6 is 7.82 Å². The second kappa shape index (κ2) is 34.5. The van der Waals surface area contributed by atoms with Crippen molar-refractivity contribution in [3.63, 3.8) is 0 Å². The van der Waals surface area contributed by atoms with Crippen LogP contribution in [0, 0.1) is 0 Å². The van der Waals surface area contributed by atoms with Crippen molar-refractivity contribution in [1.29, 1.82) is 0 Å². The molecule has 0 bridgehead atoms. The minimum absolute atomic E-state index is 0.0707. The van der Waals surface area contributed by atoms with Gasteiger partial charge in [-0.1, -0.05) is 140 Å². The molecule has 336 valence electrons. The van der Waals surface area contributed by atoms with Gasteiger partial charge in [0.15, 0.2) is 6.10 Å². The first-order valence-electron chi connectivity index (χ1n) is 22.0. The van der Waals surface area contributed by atoms with Crippen LogP contribution in [-0.4, -0.2) is 98.3 Å². The third-order valence-electron chi connectivity index (χ3n) is 9.97. The molecule has 0 amide bonds. The van der Waals surface area contributed by atoms with Crippen LogP contribution in [0.25, 0.3) is 0 Å². The van der Waals surface area contributed by atoms with Crippen LogP contribution < -0.4 is 0 Å². The van der Waals surface area contributed by atoms with Gasteiger partial charge in [0, 0.05) is 12.8 Å². The second-order valence-electron chi connectivity index (χ2n) is 15.2. The van der Waals surface area contributed by atoms with Crippen molar-refractivity contribution in [3.05, 3.63) is 48.6 Å². The Morgan fingerprint density at radius 2 is 1.00 bits per heavy atom. The predicted molar refractivity (Wildman–Crippen MR) is 226 cm³/mol. The Morgan fingerprint density at radius 3 is 1.53 bits per heavy atom. The molecule has 7 unspecified atom stereocenters. The molecule has 8 atom stereocenters. The van der Waals surface area contributed by atoms with Gasteiger partial charge in [-0.05, 0) is 57.8 Å². The van der Waals surface area contributed by atoms with Crippen LogP contribution in [0.2, 0.25) is 0 Å². The van der Waals surface area contributed by atoms with Crippen LogP contribution in [-0.2, 0) is 32.7 Å². The number of phosphoric acid groups is 1. The highest BCUT2D eigenvalue weighted by Gasteiger charge is 2.51. The molecule has 0 aromatic rings. The van der Waals surface area contributed by atoms with E-state index in [4.69, 9.17) is 18.5 Å². The summed E-state index contributed by atoms with van der Waals surface area (Å²) >= 11 is 0. The van der Waals surface area contributed by atoms with Gasteiger partial charge in [-0.25, -0.2) is 4.57 Å². The van der Waals surface area contributed by atoms with E-state index >= 15 is 0 Å². The van der Waals surface area contributed by atoms with Gasteiger partial charge in [0.05, 0.1) is 6.61 Å². The summed E-state index contributed by atoms with van der Waals surface area (Å²) in [7, 11) is -5.12. The molecule has 0 aliphatic heterocycles. The fraction of sp³-hybridized carbons (Fsp3) is 0.773. The minimum atomic E-state index is -5.12. The Labute approximate surface area is 348 Å². The van der Waals surface area contributed by atoms with Crippen LogP contribution in [0.3, 0.4) is 0 Å². The van der Waals surface area contributed by atoms with Gasteiger partial charge in [-0.2, -0.15) is 0 Å². The number of ether oxygens (including phenoxy) is 2. The SMILES string of the molecule is CC/C=C/C=C/C=C/CCCCCCCC(=O)OC(COC(=O)CCCCCCC/C=C/CCCCCCCCC)COP(=O)(O)OC1C(O)C(O)C(O)[C@H](O)C1O. The molecule has 6 N–H and O–H groups in total. The van der Waals surface area contributed by atoms with Crippen LogP contribution in [0.4, 0.5) is 0 Å². The quantitative estimate of drug-likeness (QED) is 0.0118. The molecule has 1 aliphatic carbocycles. The summed E-state index contributed by atoms with van der Waals surface area (Å²) in [5, 5.41) is 50.1. The lowest BCUT2D eigenvalue weighted by molar-refractivity contribution is -0.220. The zero-order chi connectivity index (χ0) is 42.9. The Morgan fingerprint density at radius 1 is 0.552 bits per heavy atom. The number of aliphatic hydroxyl groups excluding tert-OH is 5. The van der Waals surface area contributed by atoms with Gasteiger partial charge in [0.2, 0.25) is 0 Å². The molecule has 58 heavy (non-hydrogen) atoms. The predicted octanol–water partition coefficient (Wildman–Crippen LogP) is 8.00. The number of carbonyl (C=O) groups excluding carboxylic acids is 2. The molecule has 1 aliphatic rings. The fourth-order valence-corrected chi connectivity index (χ4v) is 7.37. The van der Waals surface area contributed by atoms with Gasteiger partial charge in [-0.15, -0.1) is 0 Å². The Kier molecular flexibility index (Phi) is 32.0. The van der Waals surface area contributed by atoms with E-state index in [0.717, 1.165) is 77.0 Å². The number of rotatable bonds is 35. The number of allylic oxidation sites excluding steroid dienone is 8. The lowest BCUT2D eigenvalue weighted by atomic mass is 9.85. The molecular formula is C44H77O13P. The molecule has 1 rings (SSSR count). The molecule has 0 radical (unpaired) electrons. The lowest BCUT2D eigenvalue weighted by Crippen LogP contribution is -2.64. The molecule has 1 saturated carbocycles. The van der Waals surface area contributed by atoms with Crippen molar-refractivity contribution >= 4 is 19.8 Å². The maximum atomic E-state index is 12.8. The Hall–Kier alpha value is -2.19. The van der Waals surface area contributed by atoms with E-state index < -0.39 is 75.7 Å². The number of hydrogen-bond acceptors (Lipinski definition) is 12. The number of esters is 2. The van der Waals surface area contributed by atoms with E-state index in [1.807, 2.05) is 24.3 Å². The van der Waals surface area contributed by atoms with Gasteiger partial charge in [-0.3, -0.25) is 18.6 Å². The molecule has 0 aromatic carbocycles. The summed E-state index contributed by atoms with van der Waals surface area (Å²) in [6, 6.07) is 0. The van der Waals surface area contributed by atoms with Crippen LogP contribution in [0.15, 0.2) is 48.6 Å². The number of aliphatic hydroxyl groups is 5. The van der Waals surface area contributed by atoms with Crippen molar-refractivity contribution in [2.24, 2.45) is 0 Å². The minimum Gasteiger partial charge on any atom is -0.462 e. The van der Waals surface area contributed by atoms with Gasteiger partial charge in [0.1, 0.15) is 43.2 Å². The van der Waals surface area contributed by atoms with E-state index in [9.17, 15) is 44.6 Å². The molecule has 0 saturated heterocycles. The molecular weight excluding hydrogens is 767 g/mol. The van der Waals surface area contributed by atoms with Crippen molar-refractivity contribution in [2.45, 2.75) is 204 Å². The Bertz CT molecular complexity index is 1210. The molecule has 0 spiro atoms. The molecule has 13 nitrogen and oxygen atoms in total. The van der Waals surface area contributed by atoms with Crippen LogP contribution in [0.5, 0.6) is 0 Å². The first-order chi connectivity index (χ1) is 27.9. The summed E-state index contributed by atoms with van der Waals surface area (Å²) in [6.45, 7) is 3.12. The largest absolute Gasteiger partial charge is 0.472 e. The van der Waals surface area contributed by atoms with Crippen LogP contribution in [0.1, 0.15) is 162 Å². The second-order valence-corrected chi connectivity index (χ2v) is 16.6. The number of hydrogen-bond donors (Lipinski definition) is 6.